The maximum absolute atomic E-state index is 12.1. The summed E-state index contributed by atoms with van der Waals surface area (Å²) in [6.07, 6.45) is 3.35. The quantitative estimate of drug-likeness (QED) is 0.793. The average molecular weight is 272 g/mol. The molecule has 18 heavy (non-hydrogen) atoms. The van der Waals surface area contributed by atoms with E-state index >= 15 is 0 Å². The topological polar surface area (TPSA) is 50.4 Å². The summed E-state index contributed by atoms with van der Waals surface area (Å²) in [5.41, 5.74) is 0.135. The normalized spacial score (nSPS) is 34.1. The van der Waals surface area contributed by atoms with Crippen LogP contribution < -0.4 is 10.6 Å². The highest BCUT2D eigenvalue weighted by atomic mass is 32.2. The number of hydrogen-bond acceptors (Lipinski definition) is 4. The molecule has 1 heterocycles. The Labute approximate surface area is 114 Å². The van der Waals surface area contributed by atoms with Gasteiger partial charge in [0.05, 0.1) is 12.1 Å². The summed E-state index contributed by atoms with van der Waals surface area (Å²) in [6, 6.07) is 0.264. The Morgan fingerprint density at radius 3 is 2.72 bits per heavy atom. The number of carbonyl (C=O) groups excluding carboxylic acids is 1. The van der Waals surface area contributed by atoms with Crippen molar-refractivity contribution in [1.29, 1.82) is 0 Å². The molecule has 5 heteroatoms. The van der Waals surface area contributed by atoms with E-state index in [0.29, 0.717) is 6.10 Å². The van der Waals surface area contributed by atoms with E-state index in [0.717, 1.165) is 30.9 Å². The SMILES string of the molecule is CCC1(CC)C(NC(=O)[C@H]2CSCN2)CC1OC. The number of ether oxygens (including phenoxy) is 1. The molecule has 2 aliphatic rings. The predicted molar refractivity (Wildman–Crippen MR) is 74.6 cm³/mol. The molecule has 1 saturated heterocycles. The molecule has 1 aliphatic carbocycles. The van der Waals surface area contributed by atoms with Gasteiger partial charge in [0.2, 0.25) is 5.91 Å². The van der Waals surface area contributed by atoms with Crippen LogP contribution in [0.15, 0.2) is 0 Å². The lowest BCUT2D eigenvalue weighted by Gasteiger charge is -2.55. The molecule has 104 valence electrons. The molecule has 3 atom stereocenters. The Balaban J connectivity index is 1.95. The zero-order valence-corrected chi connectivity index (χ0v) is 12.3. The van der Waals surface area contributed by atoms with Crippen LogP contribution in [-0.4, -0.2) is 42.8 Å². The smallest absolute Gasteiger partial charge is 0.238 e. The minimum absolute atomic E-state index is 0.0111. The van der Waals surface area contributed by atoms with Gasteiger partial charge in [-0.1, -0.05) is 13.8 Å². The molecular weight excluding hydrogens is 248 g/mol. The van der Waals surface area contributed by atoms with E-state index < -0.39 is 0 Å². The number of hydrogen-bond donors (Lipinski definition) is 2. The first-order valence-electron chi connectivity index (χ1n) is 6.82. The van der Waals surface area contributed by atoms with E-state index in [1.807, 2.05) is 0 Å². The summed E-state index contributed by atoms with van der Waals surface area (Å²) >= 11 is 1.78. The lowest BCUT2D eigenvalue weighted by atomic mass is 9.58. The van der Waals surface area contributed by atoms with E-state index in [1.54, 1.807) is 18.9 Å². The fraction of sp³-hybridized carbons (Fsp3) is 0.923. The number of amides is 1. The van der Waals surface area contributed by atoms with Crippen molar-refractivity contribution in [1.82, 2.24) is 10.6 Å². The monoisotopic (exact) mass is 272 g/mol. The van der Waals surface area contributed by atoms with E-state index in [4.69, 9.17) is 4.74 Å². The third kappa shape index (κ3) is 2.28. The van der Waals surface area contributed by atoms with Crippen molar-refractivity contribution in [3.05, 3.63) is 0 Å². The predicted octanol–water partition coefficient (Wildman–Crippen LogP) is 1.36. The molecular formula is C13H24N2O2S. The minimum atomic E-state index is -0.0111. The summed E-state index contributed by atoms with van der Waals surface area (Å²) in [6.45, 7) is 4.38. The van der Waals surface area contributed by atoms with Crippen molar-refractivity contribution in [3.63, 3.8) is 0 Å². The molecule has 0 aromatic rings. The fourth-order valence-electron chi connectivity index (χ4n) is 3.32. The molecule has 0 aromatic carbocycles. The molecule has 0 aromatic heterocycles. The molecule has 1 saturated carbocycles. The summed E-state index contributed by atoms with van der Waals surface area (Å²) in [7, 11) is 1.78. The Bertz CT molecular complexity index is 301. The molecule has 0 spiro atoms. The molecule has 4 nitrogen and oxygen atoms in total. The average Bonchev–Trinajstić information content (AvgIpc) is 2.89. The third-order valence-electron chi connectivity index (χ3n) is 4.74. The zero-order chi connectivity index (χ0) is 13.2. The van der Waals surface area contributed by atoms with Crippen molar-refractivity contribution in [2.24, 2.45) is 5.41 Å². The largest absolute Gasteiger partial charge is 0.381 e. The minimum Gasteiger partial charge on any atom is -0.381 e. The molecule has 1 amide bonds. The highest BCUT2D eigenvalue weighted by Gasteiger charge is 2.53. The van der Waals surface area contributed by atoms with Crippen LogP contribution in [0.25, 0.3) is 0 Å². The Hall–Kier alpha value is -0.260. The first-order chi connectivity index (χ1) is 8.67. The van der Waals surface area contributed by atoms with E-state index in [-0.39, 0.29) is 23.4 Å². The number of carbonyl (C=O) groups is 1. The standard InChI is InChI=1S/C13H24N2O2S/c1-4-13(5-2)10(6-11(13)17-3)15-12(16)9-7-18-8-14-9/h9-11,14H,4-8H2,1-3H3,(H,15,16)/t9-,10?,11?/m1/s1. The molecule has 1 aliphatic heterocycles. The first-order valence-corrected chi connectivity index (χ1v) is 7.97. The number of nitrogens with one attached hydrogen (secondary N) is 2. The van der Waals surface area contributed by atoms with Gasteiger partial charge < -0.3 is 10.1 Å². The lowest BCUT2D eigenvalue weighted by molar-refractivity contribution is -0.142. The van der Waals surface area contributed by atoms with Crippen molar-refractivity contribution in [3.8, 4) is 0 Å². The number of methoxy groups -OCH3 is 1. The van der Waals surface area contributed by atoms with Gasteiger partial charge in [0, 0.05) is 30.2 Å². The van der Waals surface area contributed by atoms with Crippen molar-refractivity contribution >= 4 is 17.7 Å². The molecule has 2 unspecified atom stereocenters. The second-order valence-electron chi connectivity index (χ2n) is 5.23. The van der Waals surface area contributed by atoms with Crippen LogP contribution in [0.4, 0.5) is 0 Å². The molecule has 2 N–H and O–H groups in total. The van der Waals surface area contributed by atoms with Gasteiger partial charge in [0.15, 0.2) is 0 Å². The maximum Gasteiger partial charge on any atom is 0.238 e. The van der Waals surface area contributed by atoms with Gasteiger partial charge in [-0.05, 0) is 19.3 Å². The van der Waals surface area contributed by atoms with E-state index in [1.165, 1.54) is 0 Å². The summed E-state index contributed by atoms with van der Waals surface area (Å²) in [4.78, 5) is 12.1. The highest BCUT2D eigenvalue weighted by Crippen LogP contribution is 2.48. The van der Waals surface area contributed by atoms with Gasteiger partial charge >= 0.3 is 0 Å². The summed E-state index contributed by atoms with van der Waals surface area (Å²) < 4.78 is 5.55. The van der Waals surface area contributed by atoms with Crippen LogP contribution in [0.1, 0.15) is 33.1 Å². The van der Waals surface area contributed by atoms with Gasteiger partial charge in [-0.25, -0.2) is 0 Å². The fourth-order valence-corrected chi connectivity index (χ4v) is 4.26. The highest BCUT2D eigenvalue weighted by molar-refractivity contribution is 7.99. The summed E-state index contributed by atoms with van der Waals surface area (Å²) in [5, 5.41) is 6.44. The van der Waals surface area contributed by atoms with Crippen LogP contribution in [0.2, 0.25) is 0 Å². The van der Waals surface area contributed by atoms with Gasteiger partial charge in [-0.2, -0.15) is 0 Å². The van der Waals surface area contributed by atoms with Gasteiger partial charge in [-0.15, -0.1) is 11.8 Å². The lowest BCUT2D eigenvalue weighted by Crippen LogP contribution is -2.65. The van der Waals surface area contributed by atoms with Gasteiger partial charge in [-0.3, -0.25) is 10.1 Å². The van der Waals surface area contributed by atoms with Crippen LogP contribution >= 0.6 is 11.8 Å². The second-order valence-corrected chi connectivity index (χ2v) is 6.26. The Morgan fingerprint density at radius 1 is 1.50 bits per heavy atom. The maximum atomic E-state index is 12.1. The van der Waals surface area contributed by atoms with Gasteiger partial charge in [0.1, 0.15) is 0 Å². The zero-order valence-electron chi connectivity index (χ0n) is 11.5. The van der Waals surface area contributed by atoms with Crippen molar-refractivity contribution < 1.29 is 9.53 Å². The Kier molecular flexibility index (Phi) is 4.56. The number of thioether (sulfide) groups is 1. The van der Waals surface area contributed by atoms with Crippen molar-refractivity contribution in [2.75, 3.05) is 18.7 Å². The molecule has 2 fully saturated rings. The molecule has 0 radical (unpaired) electrons. The first kappa shape index (κ1) is 14.2. The Morgan fingerprint density at radius 2 is 2.22 bits per heavy atom. The van der Waals surface area contributed by atoms with E-state index in [9.17, 15) is 4.79 Å². The van der Waals surface area contributed by atoms with Gasteiger partial charge in [0.25, 0.3) is 0 Å². The van der Waals surface area contributed by atoms with Crippen LogP contribution in [-0.2, 0) is 9.53 Å². The van der Waals surface area contributed by atoms with Crippen LogP contribution in [0, 0.1) is 5.41 Å². The summed E-state index contributed by atoms with van der Waals surface area (Å²) in [5.74, 6) is 1.93. The number of rotatable bonds is 5. The third-order valence-corrected chi connectivity index (χ3v) is 5.68. The van der Waals surface area contributed by atoms with Crippen LogP contribution in [0.5, 0.6) is 0 Å². The second kappa shape index (κ2) is 5.80. The molecule has 0 bridgehead atoms. The van der Waals surface area contributed by atoms with E-state index in [2.05, 4.69) is 24.5 Å². The molecule has 2 rings (SSSR count). The van der Waals surface area contributed by atoms with Crippen LogP contribution in [0.3, 0.4) is 0 Å². The van der Waals surface area contributed by atoms with Crippen molar-refractivity contribution in [2.45, 2.75) is 51.3 Å².